The van der Waals surface area contributed by atoms with Gasteiger partial charge in [0, 0.05) is 18.9 Å². The van der Waals surface area contributed by atoms with Crippen molar-refractivity contribution in [2.75, 3.05) is 7.11 Å². The van der Waals surface area contributed by atoms with Crippen molar-refractivity contribution in [3.63, 3.8) is 0 Å². The predicted octanol–water partition coefficient (Wildman–Crippen LogP) is 4.27. The van der Waals surface area contributed by atoms with E-state index in [9.17, 15) is 9.59 Å². The SMILES string of the molecule is COc1ccc(CNC(=O)CC(CC(=O)O)c2ccc(Cl)c(Cl)c2)cc1. The molecule has 138 valence electrons. The molecule has 0 spiro atoms. The second-order valence-corrected chi connectivity index (χ2v) is 6.61. The fourth-order valence-corrected chi connectivity index (χ4v) is 2.83. The highest BCUT2D eigenvalue weighted by Gasteiger charge is 2.20. The summed E-state index contributed by atoms with van der Waals surface area (Å²) in [6, 6.07) is 12.2. The van der Waals surface area contributed by atoms with Crippen LogP contribution in [0.2, 0.25) is 10.0 Å². The number of carbonyl (C=O) groups is 2. The van der Waals surface area contributed by atoms with E-state index >= 15 is 0 Å². The number of nitrogens with one attached hydrogen (secondary N) is 1. The van der Waals surface area contributed by atoms with Crippen molar-refractivity contribution in [3.05, 3.63) is 63.6 Å². The standard InChI is InChI=1S/C19H19Cl2NO4/c1-26-15-5-2-12(3-6-15)11-22-18(23)9-14(10-19(24)25)13-4-7-16(20)17(21)8-13/h2-8,14H,9-11H2,1H3,(H,22,23)(H,24,25). The van der Waals surface area contributed by atoms with Crippen LogP contribution >= 0.6 is 23.2 Å². The van der Waals surface area contributed by atoms with Gasteiger partial charge in [-0.15, -0.1) is 0 Å². The van der Waals surface area contributed by atoms with E-state index in [0.717, 1.165) is 11.3 Å². The van der Waals surface area contributed by atoms with Crippen LogP contribution in [-0.2, 0) is 16.1 Å². The summed E-state index contributed by atoms with van der Waals surface area (Å²) in [5, 5.41) is 12.7. The second-order valence-electron chi connectivity index (χ2n) is 5.80. The number of carboxylic acids is 1. The molecule has 7 heteroatoms. The Morgan fingerprint density at radius 1 is 1.08 bits per heavy atom. The first kappa shape index (κ1) is 20.1. The quantitative estimate of drug-likeness (QED) is 0.699. The van der Waals surface area contributed by atoms with Crippen molar-refractivity contribution in [1.82, 2.24) is 5.32 Å². The van der Waals surface area contributed by atoms with E-state index in [0.29, 0.717) is 22.2 Å². The molecule has 1 unspecified atom stereocenters. The largest absolute Gasteiger partial charge is 0.497 e. The molecule has 0 aliphatic carbocycles. The number of halogens is 2. The number of rotatable bonds is 8. The Hall–Kier alpha value is -2.24. The molecule has 1 atom stereocenters. The molecule has 26 heavy (non-hydrogen) atoms. The van der Waals surface area contributed by atoms with Crippen molar-refractivity contribution in [2.24, 2.45) is 0 Å². The Labute approximate surface area is 161 Å². The average molecular weight is 396 g/mol. The highest BCUT2D eigenvalue weighted by molar-refractivity contribution is 6.42. The number of hydrogen-bond acceptors (Lipinski definition) is 3. The van der Waals surface area contributed by atoms with Gasteiger partial charge >= 0.3 is 5.97 Å². The van der Waals surface area contributed by atoms with Gasteiger partial charge in [0.05, 0.1) is 23.6 Å². The highest BCUT2D eigenvalue weighted by Crippen LogP contribution is 2.30. The Balaban J connectivity index is 2.00. The van der Waals surface area contributed by atoms with Crippen molar-refractivity contribution in [3.8, 4) is 5.75 Å². The number of aliphatic carboxylic acids is 1. The maximum Gasteiger partial charge on any atom is 0.303 e. The summed E-state index contributed by atoms with van der Waals surface area (Å²) >= 11 is 11.9. The predicted molar refractivity (Wildman–Crippen MR) is 101 cm³/mol. The summed E-state index contributed by atoms with van der Waals surface area (Å²) in [6.07, 6.45) is -0.131. The normalized spacial score (nSPS) is 11.7. The van der Waals surface area contributed by atoms with Gasteiger partial charge in [-0.1, -0.05) is 41.4 Å². The lowest BCUT2D eigenvalue weighted by atomic mass is 9.92. The van der Waals surface area contributed by atoms with Crippen LogP contribution in [0.4, 0.5) is 0 Å². The lowest BCUT2D eigenvalue weighted by molar-refractivity contribution is -0.137. The number of ether oxygens (including phenoxy) is 1. The van der Waals surface area contributed by atoms with Gasteiger partial charge in [0.25, 0.3) is 0 Å². The van der Waals surface area contributed by atoms with E-state index in [4.69, 9.17) is 33.0 Å². The van der Waals surface area contributed by atoms with Crippen molar-refractivity contribution < 1.29 is 19.4 Å². The molecule has 0 bridgehead atoms. The van der Waals surface area contributed by atoms with E-state index in [1.54, 1.807) is 25.3 Å². The summed E-state index contributed by atoms with van der Waals surface area (Å²) < 4.78 is 5.09. The molecule has 2 N–H and O–H groups in total. The number of benzene rings is 2. The lowest BCUT2D eigenvalue weighted by Gasteiger charge is -2.16. The first-order valence-corrected chi connectivity index (χ1v) is 8.71. The van der Waals surface area contributed by atoms with Gasteiger partial charge in [-0.2, -0.15) is 0 Å². The van der Waals surface area contributed by atoms with Crippen LogP contribution in [0.5, 0.6) is 5.75 Å². The zero-order chi connectivity index (χ0) is 19.1. The topological polar surface area (TPSA) is 75.6 Å². The molecule has 0 fully saturated rings. The maximum absolute atomic E-state index is 12.3. The fourth-order valence-electron chi connectivity index (χ4n) is 2.52. The summed E-state index contributed by atoms with van der Waals surface area (Å²) in [5.41, 5.74) is 1.59. The van der Waals surface area contributed by atoms with E-state index < -0.39 is 11.9 Å². The Bertz CT molecular complexity index is 778. The monoisotopic (exact) mass is 395 g/mol. The molecule has 0 radical (unpaired) electrons. The van der Waals surface area contributed by atoms with Crippen LogP contribution in [0.15, 0.2) is 42.5 Å². The van der Waals surface area contributed by atoms with Crippen LogP contribution in [0.3, 0.4) is 0 Å². The highest BCUT2D eigenvalue weighted by atomic mass is 35.5. The molecule has 1 amide bonds. The Kier molecular flexibility index (Phi) is 7.30. The molecule has 0 aliphatic heterocycles. The molecule has 2 rings (SSSR count). The molecular formula is C19H19Cl2NO4. The minimum absolute atomic E-state index is 0.0421. The summed E-state index contributed by atoms with van der Waals surface area (Å²) in [7, 11) is 1.59. The number of hydrogen-bond donors (Lipinski definition) is 2. The fraction of sp³-hybridized carbons (Fsp3) is 0.263. The van der Waals surface area contributed by atoms with Crippen LogP contribution < -0.4 is 10.1 Å². The van der Waals surface area contributed by atoms with E-state index in [1.165, 1.54) is 0 Å². The summed E-state index contributed by atoms with van der Waals surface area (Å²) in [5.74, 6) is -0.971. The first-order chi connectivity index (χ1) is 12.4. The lowest BCUT2D eigenvalue weighted by Crippen LogP contribution is -2.25. The van der Waals surface area contributed by atoms with E-state index in [2.05, 4.69) is 5.32 Å². The minimum atomic E-state index is -0.982. The number of carboxylic acid groups (broad SMARTS) is 1. The molecule has 0 aliphatic rings. The Morgan fingerprint density at radius 3 is 2.35 bits per heavy atom. The van der Waals surface area contributed by atoms with Crippen molar-refractivity contribution in [1.29, 1.82) is 0 Å². The third-order valence-electron chi connectivity index (χ3n) is 3.92. The van der Waals surface area contributed by atoms with E-state index in [-0.39, 0.29) is 18.7 Å². The van der Waals surface area contributed by atoms with Crippen molar-refractivity contribution in [2.45, 2.75) is 25.3 Å². The zero-order valence-electron chi connectivity index (χ0n) is 14.2. The molecule has 5 nitrogen and oxygen atoms in total. The minimum Gasteiger partial charge on any atom is -0.497 e. The smallest absolute Gasteiger partial charge is 0.303 e. The van der Waals surface area contributed by atoms with Gasteiger partial charge in [-0.3, -0.25) is 9.59 Å². The summed E-state index contributed by atoms with van der Waals surface area (Å²) in [4.78, 5) is 23.4. The summed E-state index contributed by atoms with van der Waals surface area (Å²) in [6.45, 7) is 0.351. The van der Waals surface area contributed by atoms with E-state index in [1.807, 2.05) is 24.3 Å². The van der Waals surface area contributed by atoms with Crippen LogP contribution in [0.25, 0.3) is 0 Å². The van der Waals surface area contributed by atoms with Crippen LogP contribution in [0.1, 0.15) is 29.9 Å². The number of carbonyl (C=O) groups excluding carboxylic acids is 1. The molecule has 0 heterocycles. The molecule has 0 aromatic heterocycles. The average Bonchev–Trinajstić information content (AvgIpc) is 2.62. The third kappa shape index (κ3) is 5.93. The molecule has 2 aromatic rings. The number of methoxy groups -OCH3 is 1. The van der Waals surface area contributed by atoms with Crippen LogP contribution in [0, 0.1) is 0 Å². The van der Waals surface area contributed by atoms with Crippen molar-refractivity contribution >= 4 is 35.1 Å². The maximum atomic E-state index is 12.3. The molecule has 0 saturated heterocycles. The van der Waals surface area contributed by atoms with Gasteiger partial charge in [0.15, 0.2) is 0 Å². The molecular weight excluding hydrogens is 377 g/mol. The van der Waals surface area contributed by atoms with Gasteiger partial charge < -0.3 is 15.2 Å². The van der Waals surface area contributed by atoms with Gasteiger partial charge in [0.1, 0.15) is 5.75 Å². The van der Waals surface area contributed by atoms with Gasteiger partial charge in [-0.05, 0) is 35.4 Å². The first-order valence-electron chi connectivity index (χ1n) is 7.95. The third-order valence-corrected chi connectivity index (χ3v) is 4.66. The van der Waals surface area contributed by atoms with Gasteiger partial charge in [-0.25, -0.2) is 0 Å². The second kappa shape index (κ2) is 9.46. The van der Waals surface area contributed by atoms with Crippen LogP contribution in [-0.4, -0.2) is 24.1 Å². The molecule has 0 saturated carbocycles. The zero-order valence-corrected chi connectivity index (χ0v) is 15.7. The molecule has 2 aromatic carbocycles. The van der Waals surface area contributed by atoms with Gasteiger partial charge in [0.2, 0.25) is 5.91 Å². The Morgan fingerprint density at radius 2 is 1.77 bits per heavy atom. The number of amides is 1.